The Balaban J connectivity index is 0. The fraction of sp³-hybridized carbons (Fsp3) is 0. The molecule has 0 bridgehead atoms. The van der Waals surface area contributed by atoms with Gasteiger partial charge in [0.1, 0.15) is 0 Å². The Bertz CT molecular complexity index is 8.00. The van der Waals surface area contributed by atoms with Crippen LogP contribution >= 0.6 is 0 Å². The first kappa shape index (κ1) is 34.5. The summed E-state index contributed by atoms with van der Waals surface area (Å²) in [5.41, 5.74) is 0. The van der Waals surface area contributed by atoms with Crippen LogP contribution in [0.4, 0.5) is 0 Å². The maximum atomic E-state index is 0. The monoisotopic (exact) mass is 356 g/mol. The van der Waals surface area contributed by atoms with Crippen molar-refractivity contribution >= 4 is 0 Å². The van der Waals surface area contributed by atoms with Crippen LogP contribution in [0.15, 0.2) is 0 Å². The Morgan fingerprint density at radius 2 is 1.00 bits per heavy atom. The van der Waals surface area contributed by atoms with Crippen molar-refractivity contribution < 1.29 is 71.4 Å². The molecule has 4 heavy (non-hydrogen) atoms. The van der Waals surface area contributed by atoms with Crippen molar-refractivity contribution in [2.45, 2.75) is 0 Å². The van der Waals surface area contributed by atoms with E-state index in [9.17, 15) is 0 Å². The topological polar surface area (TPSA) is 0 Å². The molecule has 0 aliphatic heterocycles. The summed E-state index contributed by atoms with van der Waals surface area (Å²) in [5, 5.41) is 0. The van der Waals surface area contributed by atoms with Crippen LogP contribution in [0, 0.1) is 0 Å². The van der Waals surface area contributed by atoms with Gasteiger partial charge in [0.15, 0.2) is 0 Å². The molecule has 0 saturated carbocycles. The van der Waals surface area contributed by atoms with Crippen molar-refractivity contribution in [3.8, 4) is 0 Å². The summed E-state index contributed by atoms with van der Waals surface area (Å²) in [7, 11) is 0. The van der Waals surface area contributed by atoms with E-state index in [0.717, 1.165) is 0 Å². The van der Waals surface area contributed by atoms with E-state index in [1.165, 1.54) is 0 Å². The van der Waals surface area contributed by atoms with Gasteiger partial charge in [-0.1, -0.05) is 0 Å². The zero-order valence-corrected chi connectivity index (χ0v) is 7.58. The Kier molecular flexibility index (Phi) is 163. The van der Waals surface area contributed by atoms with E-state index in [0.29, 0.717) is 0 Å². The van der Waals surface area contributed by atoms with Crippen molar-refractivity contribution in [1.29, 1.82) is 0 Å². The Morgan fingerprint density at radius 1 is 1.00 bits per heavy atom. The zero-order valence-electron chi connectivity index (χ0n) is 1.44. The van der Waals surface area contributed by atoms with E-state index in [-0.39, 0.29) is 71.4 Å². The van der Waals surface area contributed by atoms with Gasteiger partial charge in [-0.15, -0.1) is 0 Å². The minimum Gasteiger partial charge on any atom is 0 e. The minimum atomic E-state index is 0. The summed E-state index contributed by atoms with van der Waals surface area (Å²) in [6, 6.07) is 0. The summed E-state index contributed by atoms with van der Waals surface area (Å²) in [5.74, 6) is 0. The quantitative estimate of drug-likeness (QED) is 0.536. The molecule has 32 valence electrons. The Labute approximate surface area is 70.7 Å². The first-order valence-corrected chi connectivity index (χ1v) is 0. The molecule has 0 aliphatic rings. The van der Waals surface area contributed by atoms with Crippen LogP contribution in [-0.2, 0) is 71.4 Å². The molecular weight excluding hydrogens is 356 g/mol. The largest absolute Gasteiger partial charge is 0 e. The molecule has 0 nitrogen and oxygen atoms in total. The molecule has 0 aromatic carbocycles. The molecule has 0 heterocycles. The Morgan fingerprint density at radius 3 is 1.00 bits per heavy atom. The molecular formula is CoMnNiW. The first-order chi connectivity index (χ1) is 0. The summed E-state index contributed by atoms with van der Waals surface area (Å²) in [6.07, 6.45) is 0. The van der Waals surface area contributed by atoms with Crippen LogP contribution in [-0.4, -0.2) is 0 Å². The van der Waals surface area contributed by atoms with Crippen molar-refractivity contribution in [2.75, 3.05) is 0 Å². The van der Waals surface area contributed by atoms with E-state index in [2.05, 4.69) is 0 Å². The van der Waals surface area contributed by atoms with Gasteiger partial charge in [0.2, 0.25) is 0 Å². The number of hydrogen-bond acceptors (Lipinski definition) is 0. The van der Waals surface area contributed by atoms with Crippen LogP contribution in [0.25, 0.3) is 0 Å². The predicted molar refractivity (Wildman–Crippen MR) is 0 cm³/mol. The fourth-order valence-corrected chi connectivity index (χ4v) is 0. The standard InChI is InChI=1S/Co.Mn.Ni.W. The molecule has 0 aromatic rings. The second-order valence-corrected chi connectivity index (χ2v) is 0. The van der Waals surface area contributed by atoms with Gasteiger partial charge >= 0.3 is 0 Å². The van der Waals surface area contributed by atoms with E-state index >= 15 is 0 Å². The second kappa shape index (κ2) is 18.9. The van der Waals surface area contributed by atoms with Crippen molar-refractivity contribution in [1.82, 2.24) is 0 Å². The van der Waals surface area contributed by atoms with Crippen LogP contribution in [0.3, 0.4) is 0 Å². The summed E-state index contributed by atoms with van der Waals surface area (Å²) in [6.45, 7) is 0. The number of rotatable bonds is 0. The summed E-state index contributed by atoms with van der Waals surface area (Å²) in [4.78, 5) is 0. The normalized spacial score (nSPS) is 0. The third-order valence-electron chi connectivity index (χ3n) is 0. The third kappa shape index (κ3) is 8.88. The molecule has 2 radical (unpaired) electrons. The first-order valence-electron chi connectivity index (χ1n) is 0. The SMILES string of the molecule is [Co].[Mn].[Ni].[W]. The Hall–Kier alpha value is 2.21. The maximum Gasteiger partial charge on any atom is 0 e. The molecule has 0 atom stereocenters. The van der Waals surface area contributed by atoms with Gasteiger partial charge in [-0.3, -0.25) is 0 Å². The van der Waals surface area contributed by atoms with E-state index < -0.39 is 0 Å². The molecule has 0 fully saturated rings. The van der Waals surface area contributed by atoms with Crippen molar-refractivity contribution in [3.63, 3.8) is 0 Å². The molecule has 0 spiro atoms. The average molecular weight is 356 g/mol. The van der Waals surface area contributed by atoms with Gasteiger partial charge in [0, 0.05) is 71.4 Å². The van der Waals surface area contributed by atoms with Gasteiger partial charge in [-0.2, -0.15) is 0 Å². The minimum absolute atomic E-state index is 0. The van der Waals surface area contributed by atoms with E-state index in [4.69, 9.17) is 0 Å². The van der Waals surface area contributed by atoms with Gasteiger partial charge in [0.05, 0.1) is 0 Å². The van der Waals surface area contributed by atoms with Crippen LogP contribution in [0.2, 0.25) is 0 Å². The molecule has 0 saturated heterocycles. The van der Waals surface area contributed by atoms with Crippen LogP contribution < -0.4 is 0 Å². The molecule has 0 rings (SSSR count). The number of hydrogen-bond donors (Lipinski definition) is 0. The van der Waals surface area contributed by atoms with Crippen LogP contribution in [0.5, 0.6) is 0 Å². The molecule has 0 amide bonds. The predicted octanol–water partition coefficient (Wildman–Crippen LogP) is -0.0100. The summed E-state index contributed by atoms with van der Waals surface area (Å²) >= 11 is 0. The van der Waals surface area contributed by atoms with Gasteiger partial charge in [-0.25, -0.2) is 0 Å². The molecule has 4 heteroatoms. The molecule has 0 unspecified atom stereocenters. The van der Waals surface area contributed by atoms with Gasteiger partial charge < -0.3 is 0 Å². The zero-order chi connectivity index (χ0) is 0. The molecule has 0 aromatic heterocycles. The van der Waals surface area contributed by atoms with Crippen molar-refractivity contribution in [2.24, 2.45) is 0 Å². The summed E-state index contributed by atoms with van der Waals surface area (Å²) < 4.78 is 0. The molecule has 0 aliphatic carbocycles. The maximum absolute atomic E-state index is 0. The van der Waals surface area contributed by atoms with Crippen molar-refractivity contribution in [3.05, 3.63) is 0 Å². The second-order valence-electron chi connectivity index (χ2n) is 0. The fourth-order valence-electron chi connectivity index (χ4n) is 0. The van der Waals surface area contributed by atoms with Crippen LogP contribution in [0.1, 0.15) is 0 Å². The molecule has 0 N–H and O–H groups in total. The third-order valence-corrected chi connectivity index (χ3v) is 0. The van der Waals surface area contributed by atoms with E-state index in [1.54, 1.807) is 0 Å². The van der Waals surface area contributed by atoms with Gasteiger partial charge in [-0.05, 0) is 0 Å². The average Bonchev–Trinajstić information content (AvgIpc) is 0. The van der Waals surface area contributed by atoms with Gasteiger partial charge in [0.25, 0.3) is 0 Å². The van der Waals surface area contributed by atoms with E-state index in [1.807, 2.05) is 0 Å². The smallest absolute Gasteiger partial charge is 0 e.